The number of carboxylic acids is 1. The van der Waals surface area contributed by atoms with Crippen molar-refractivity contribution in [1.29, 1.82) is 0 Å². The van der Waals surface area contributed by atoms with Crippen molar-refractivity contribution in [2.75, 3.05) is 0 Å². The number of rotatable bonds is 6. The van der Waals surface area contributed by atoms with E-state index in [2.05, 4.69) is 32.0 Å². The molecule has 0 saturated carbocycles. The standard InChI is InChI=1S/C18H20O2S/c1-13-8-9-16(10-14(13)2)12-21-17(18(19)20)11-15-6-4-3-5-7-15/h3-10,17H,11-12H2,1-2H3,(H,19,20). The summed E-state index contributed by atoms with van der Waals surface area (Å²) in [5.74, 6) is -0.0158. The number of hydrogen-bond acceptors (Lipinski definition) is 2. The predicted molar refractivity (Wildman–Crippen MR) is 88.8 cm³/mol. The SMILES string of the molecule is Cc1ccc(CSC(Cc2ccccc2)C(=O)O)cc1C. The van der Waals surface area contributed by atoms with Crippen LogP contribution in [0.1, 0.15) is 22.3 Å². The van der Waals surface area contributed by atoms with E-state index >= 15 is 0 Å². The molecule has 0 spiro atoms. The van der Waals surface area contributed by atoms with Gasteiger partial charge >= 0.3 is 5.97 Å². The van der Waals surface area contributed by atoms with E-state index in [4.69, 9.17) is 0 Å². The highest BCUT2D eigenvalue weighted by Gasteiger charge is 2.18. The van der Waals surface area contributed by atoms with Gasteiger partial charge < -0.3 is 5.11 Å². The molecule has 0 aliphatic rings. The van der Waals surface area contributed by atoms with Gasteiger partial charge in [-0.25, -0.2) is 0 Å². The van der Waals surface area contributed by atoms with Crippen molar-refractivity contribution in [3.63, 3.8) is 0 Å². The summed E-state index contributed by atoms with van der Waals surface area (Å²) < 4.78 is 0. The van der Waals surface area contributed by atoms with Gasteiger partial charge in [0.05, 0.1) is 0 Å². The first-order valence-electron chi connectivity index (χ1n) is 7.00. The fraction of sp³-hybridized carbons (Fsp3) is 0.278. The van der Waals surface area contributed by atoms with Crippen LogP contribution in [-0.4, -0.2) is 16.3 Å². The van der Waals surface area contributed by atoms with Gasteiger partial charge in [-0.05, 0) is 42.5 Å². The number of hydrogen-bond donors (Lipinski definition) is 1. The van der Waals surface area contributed by atoms with Gasteiger partial charge in [-0.3, -0.25) is 4.79 Å². The maximum atomic E-state index is 11.4. The van der Waals surface area contributed by atoms with E-state index in [1.165, 1.54) is 28.5 Å². The fourth-order valence-electron chi connectivity index (χ4n) is 2.14. The Balaban J connectivity index is 2.00. The molecule has 0 aliphatic heterocycles. The number of thioether (sulfide) groups is 1. The van der Waals surface area contributed by atoms with Gasteiger partial charge in [-0.15, -0.1) is 11.8 Å². The van der Waals surface area contributed by atoms with Crippen molar-refractivity contribution >= 4 is 17.7 Å². The molecule has 0 aliphatic carbocycles. The average Bonchev–Trinajstić information content (AvgIpc) is 2.47. The van der Waals surface area contributed by atoms with Gasteiger partial charge in [0.1, 0.15) is 5.25 Å². The second kappa shape index (κ2) is 7.32. The summed E-state index contributed by atoms with van der Waals surface area (Å²) >= 11 is 1.49. The molecule has 0 saturated heterocycles. The van der Waals surface area contributed by atoms with Crippen molar-refractivity contribution in [2.45, 2.75) is 31.3 Å². The lowest BCUT2D eigenvalue weighted by Gasteiger charge is -2.13. The summed E-state index contributed by atoms with van der Waals surface area (Å²) in [5, 5.41) is 8.98. The Morgan fingerprint density at radius 1 is 1.05 bits per heavy atom. The molecule has 2 aromatic rings. The third-order valence-electron chi connectivity index (χ3n) is 3.56. The van der Waals surface area contributed by atoms with Gasteiger partial charge in [0, 0.05) is 5.75 Å². The van der Waals surface area contributed by atoms with Crippen LogP contribution in [0.4, 0.5) is 0 Å². The summed E-state index contributed by atoms with van der Waals surface area (Å²) in [6.45, 7) is 4.17. The minimum absolute atomic E-state index is 0.408. The molecule has 110 valence electrons. The zero-order valence-electron chi connectivity index (χ0n) is 12.4. The lowest BCUT2D eigenvalue weighted by Crippen LogP contribution is -2.19. The van der Waals surface area contributed by atoms with Crippen LogP contribution < -0.4 is 0 Å². The number of aliphatic carboxylic acids is 1. The average molecular weight is 300 g/mol. The Morgan fingerprint density at radius 3 is 2.38 bits per heavy atom. The van der Waals surface area contributed by atoms with Crippen LogP contribution in [0.25, 0.3) is 0 Å². The maximum Gasteiger partial charge on any atom is 0.316 e. The lowest BCUT2D eigenvalue weighted by atomic mass is 10.1. The fourth-order valence-corrected chi connectivity index (χ4v) is 3.16. The van der Waals surface area contributed by atoms with Crippen molar-refractivity contribution in [3.8, 4) is 0 Å². The summed E-state index contributed by atoms with van der Waals surface area (Å²) in [6, 6.07) is 16.1. The first-order chi connectivity index (χ1) is 10.1. The van der Waals surface area contributed by atoms with E-state index in [1.807, 2.05) is 30.3 Å². The van der Waals surface area contributed by atoms with Crippen LogP contribution in [0.15, 0.2) is 48.5 Å². The topological polar surface area (TPSA) is 37.3 Å². The number of benzene rings is 2. The molecule has 1 atom stereocenters. The van der Waals surface area contributed by atoms with E-state index in [0.717, 1.165) is 11.3 Å². The van der Waals surface area contributed by atoms with Crippen LogP contribution in [0.5, 0.6) is 0 Å². The highest BCUT2D eigenvalue weighted by molar-refractivity contribution is 7.99. The Labute approximate surface area is 130 Å². The van der Waals surface area contributed by atoms with E-state index in [1.54, 1.807) is 0 Å². The minimum atomic E-state index is -0.743. The molecule has 0 fully saturated rings. The molecule has 0 radical (unpaired) electrons. The first-order valence-corrected chi connectivity index (χ1v) is 8.05. The quantitative estimate of drug-likeness (QED) is 0.867. The van der Waals surface area contributed by atoms with Gasteiger partial charge in [0.15, 0.2) is 0 Å². The van der Waals surface area contributed by atoms with Crippen LogP contribution in [0, 0.1) is 13.8 Å². The van der Waals surface area contributed by atoms with Crippen LogP contribution in [0.3, 0.4) is 0 Å². The molecule has 1 N–H and O–H groups in total. The van der Waals surface area contributed by atoms with E-state index < -0.39 is 11.2 Å². The number of carboxylic acid groups (broad SMARTS) is 1. The highest BCUT2D eigenvalue weighted by Crippen LogP contribution is 2.23. The van der Waals surface area contributed by atoms with Crippen LogP contribution in [-0.2, 0) is 17.0 Å². The number of aryl methyl sites for hydroxylation is 2. The van der Waals surface area contributed by atoms with Crippen LogP contribution >= 0.6 is 11.8 Å². The lowest BCUT2D eigenvalue weighted by molar-refractivity contribution is -0.136. The summed E-state index contributed by atoms with van der Waals surface area (Å²) in [6.07, 6.45) is 0.561. The predicted octanol–water partition coefficient (Wildman–Crippen LogP) is 4.23. The smallest absolute Gasteiger partial charge is 0.316 e. The summed E-state index contributed by atoms with van der Waals surface area (Å²) in [5.41, 5.74) is 4.77. The van der Waals surface area contributed by atoms with Gasteiger partial charge in [-0.1, -0.05) is 48.5 Å². The van der Waals surface area contributed by atoms with Crippen molar-refractivity contribution in [2.24, 2.45) is 0 Å². The Kier molecular flexibility index (Phi) is 5.45. The molecule has 0 amide bonds. The first kappa shape index (κ1) is 15.6. The normalized spacial score (nSPS) is 12.1. The molecule has 0 bridgehead atoms. The van der Waals surface area contributed by atoms with E-state index in [0.29, 0.717) is 6.42 Å². The highest BCUT2D eigenvalue weighted by atomic mass is 32.2. The minimum Gasteiger partial charge on any atom is -0.480 e. The van der Waals surface area contributed by atoms with Gasteiger partial charge in [0.25, 0.3) is 0 Å². The van der Waals surface area contributed by atoms with Gasteiger partial charge in [-0.2, -0.15) is 0 Å². The molecule has 2 rings (SSSR count). The zero-order chi connectivity index (χ0) is 15.2. The summed E-state index contributed by atoms with van der Waals surface area (Å²) in [7, 11) is 0. The molecule has 2 aromatic carbocycles. The third-order valence-corrected chi connectivity index (χ3v) is 4.83. The molecule has 0 heterocycles. The molecular weight excluding hydrogens is 280 g/mol. The van der Waals surface area contributed by atoms with Crippen molar-refractivity contribution in [3.05, 3.63) is 70.8 Å². The van der Waals surface area contributed by atoms with Crippen molar-refractivity contribution < 1.29 is 9.90 Å². The van der Waals surface area contributed by atoms with E-state index in [-0.39, 0.29) is 0 Å². The Hall–Kier alpha value is -1.74. The molecule has 2 nitrogen and oxygen atoms in total. The Bertz CT molecular complexity index is 608. The van der Waals surface area contributed by atoms with E-state index in [9.17, 15) is 9.90 Å². The molecule has 21 heavy (non-hydrogen) atoms. The number of carbonyl (C=O) groups is 1. The molecular formula is C18H20O2S. The largest absolute Gasteiger partial charge is 0.480 e. The zero-order valence-corrected chi connectivity index (χ0v) is 13.2. The summed E-state index contributed by atoms with van der Waals surface area (Å²) in [4.78, 5) is 11.4. The second-order valence-corrected chi connectivity index (χ2v) is 6.44. The molecule has 1 unspecified atom stereocenters. The van der Waals surface area contributed by atoms with Crippen LogP contribution in [0.2, 0.25) is 0 Å². The second-order valence-electron chi connectivity index (χ2n) is 5.25. The maximum absolute atomic E-state index is 11.4. The van der Waals surface area contributed by atoms with Crippen molar-refractivity contribution in [1.82, 2.24) is 0 Å². The molecule has 0 aromatic heterocycles. The van der Waals surface area contributed by atoms with Gasteiger partial charge in [0.2, 0.25) is 0 Å². The monoisotopic (exact) mass is 300 g/mol. The Morgan fingerprint density at radius 2 is 1.76 bits per heavy atom. The third kappa shape index (κ3) is 4.64. The molecule has 3 heteroatoms.